The number of benzene rings is 1. The number of carbonyl (C=O) groups excluding carboxylic acids is 1. The minimum Gasteiger partial charge on any atom is -0.493 e. The topological polar surface area (TPSA) is 112 Å². The smallest absolute Gasteiger partial charge is 0.327 e. The molecule has 2 aromatic heterocycles. The lowest BCUT2D eigenvalue weighted by molar-refractivity contribution is 0.261. The van der Waals surface area contributed by atoms with Crippen molar-refractivity contribution >= 4 is 33.7 Å². The molecule has 2 heterocycles. The van der Waals surface area contributed by atoms with Gasteiger partial charge in [0.1, 0.15) is 0 Å². The van der Waals surface area contributed by atoms with Crippen LogP contribution in [-0.4, -0.2) is 30.4 Å². The quantitative estimate of drug-likeness (QED) is 0.660. The largest absolute Gasteiger partial charge is 0.493 e. The summed E-state index contributed by atoms with van der Waals surface area (Å²) in [5, 5.41) is 12.6. The number of carbonyl (C=O) groups is 1. The molecule has 3 aromatic rings. The Morgan fingerprint density at radius 3 is 2.60 bits per heavy atom. The fourth-order valence-electron chi connectivity index (χ4n) is 2.04. The van der Waals surface area contributed by atoms with Gasteiger partial charge in [0.15, 0.2) is 21.9 Å². The van der Waals surface area contributed by atoms with E-state index < -0.39 is 6.03 Å². The Morgan fingerprint density at radius 2 is 1.92 bits per heavy atom. The highest BCUT2D eigenvalue weighted by Gasteiger charge is 2.16. The highest BCUT2D eigenvalue weighted by Crippen LogP contribution is 2.34. The predicted octanol–water partition coefficient (Wildman–Crippen LogP) is 3.75. The van der Waals surface area contributed by atoms with Crippen LogP contribution in [0.3, 0.4) is 0 Å². The van der Waals surface area contributed by atoms with Gasteiger partial charge in [-0.2, -0.15) is 0 Å². The summed E-state index contributed by atoms with van der Waals surface area (Å²) in [5.41, 5.74) is 0.425. The van der Waals surface area contributed by atoms with Gasteiger partial charge in [-0.1, -0.05) is 11.2 Å². The van der Waals surface area contributed by atoms with Crippen molar-refractivity contribution in [3.63, 3.8) is 0 Å². The maximum atomic E-state index is 12.1. The third kappa shape index (κ3) is 3.74. The fraction of sp³-hybridized carbons (Fsp3) is 0.133. The fourth-order valence-corrected chi connectivity index (χ4v) is 2.35. The molecular formula is C15H13BrN4O5. The van der Waals surface area contributed by atoms with Gasteiger partial charge in [-0.15, -0.1) is 5.10 Å². The normalized spacial score (nSPS) is 10.4. The van der Waals surface area contributed by atoms with Crippen LogP contribution in [0.2, 0.25) is 0 Å². The van der Waals surface area contributed by atoms with Gasteiger partial charge in [-0.25, -0.2) is 4.79 Å². The highest BCUT2D eigenvalue weighted by atomic mass is 79.9. The molecule has 0 fully saturated rings. The SMILES string of the molecule is COc1cccc(NC(=O)Nc2nnc(-c3ccc(Br)o3)o2)c1OC. The van der Waals surface area contributed by atoms with E-state index in [0.717, 1.165) is 0 Å². The summed E-state index contributed by atoms with van der Waals surface area (Å²) in [6.45, 7) is 0. The van der Waals surface area contributed by atoms with E-state index >= 15 is 0 Å². The van der Waals surface area contributed by atoms with Crippen molar-refractivity contribution in [3.8, 4) is 23.1 Å². The first-order valence-electron chi connectivity index (χ1n) is 6.99. The average molecular weight is 409 g/mol. The van der Waals surface area contributed by atoms with Crippen LogP contribution in [-0.2, 0) is 0 Å². The molecule has 0 atom stereocenters. The molecule has 0 unspecified atom stereocenters. The van der Waals surface area contributed by atoms with E-state index in [9.17, 15) is 4.79 Å². The van der Waals surface area contributed by atoms with Crippen molar-refractivity contribution in [2.45, 2.75) is 0 Å². The lowest BCUT2D eigenvalue weighted by atomic mass is 10.2. The number of anilines is 2. The number of hydrogen-bond donors (Lipinski definition) is 2. The Labute approximate surface area is 150 Å². The van der Waals surface area contributed by atoms with E-state index in [1.165, 1.54) is 14.2 Å². The summed E-state index contributed by atoms with van der Waals surface area (Å²) < 4.78 is 21.6. The molecule has 0 aliphatic rings. The first kappa shape index (κ1) is 16.8. The van der Waals surface area contributed by atoms with Crippen LogP contribution in [0.5, 0.6) is 11.5 Å². The summed E-state index contributed by atoms with van der Waals surface area (Å²) in [6, 6.07) is 7.78. The molecule has 0 spiro atoms. The molecule has 3 rings (SSSR count). The molecule has 0 aliphatic heterocycles. The second kappa shape index (κ2) is 7.26. The van der Waals surface area contributed by atoms with Crippen molar-refractivity contribution in [1.82, 2.24) is 10.2 Å². The Bertz CT molecular complexity index is 892. The molecule has 130 valence electrons. The number of methoxy groups -OCH3 is 2. The van der Waals surface area contributed by atoms with Crippen LogP contribution in [0, 0.1) is 0 Å². The zero-order valence-corrected chi connectivity index (χ0v) is 14.8. The number of nitrogens with zero attached hydrogens (tertiary/aromatic N) is 2. The number of ether oxygens (including phenoxy) is 2. The second-order valence-corrected chi connectivity index (χ2v) is 5.42. The summed E-state index contributed by atoms with van der Waals surface area (Å²) in [5.74, 6) is 1.40. The molecule has 0 radical (unpaired) electrons. The lowest BCUT2D eigenvalue weighted by Gasteiger charge is -2.12. The highest BCUT2D eigenvalue weighted by molar-refractivity contribution is 9.10. The molecule has 2 N–H and O–H groups in total. The van der Waals surface area contributed by atoms with Gasteiger partial charge in [-0.3, -0.25) is 5.32 Å². The molecule has 0 bridgehead atoms. The van der Waals surface area contributed by atoms with Crippen molar-refractivity contribution in [2.24, 2.45) is 0 Å². The lowest BCUT2D eigenvalue weighted by Crippen LogP contribution is -2.20. The van der Waals surface area contributed by atoms with Crippen molar-refractivity contribution < 1.29 is 23.1 Å². The van der Waals surface area contributed by atoms with Crippen LogP contribution in [0.25, 0.3) is 11.7 Å². The van der Waals surface area contributed by atoms with Crippen molar-refractivity contribution in [3.05, 3.63) is 35.0 Å². The van der Waals surface area contributed by atoms with Gasteiger partial charge in [-0.05, 0) is 40.2 Å². The van der Waals surface area contributed by atoms with Gasteiger partial charge in [0.05, 0.1) is 19.9 Å². The molecule has 2 amide bonds. The van der Waals surface area contributed by atoms with Crippen LogP contribution < -0.4 is 20.1 Å². The number of aromatic nitrogens is 2. The van der Waals surface area contributed by atoms with E-state index in [0.29, 0.717) is 27.6 Å². The number of amides is 2. The van der Waals surface area contributed by atoms with Gasteiger partial charge in [0.25, 0.3) is 5.89 Å². The van der Waals surface area contributed by atoms with E-state index in [1.807, 2.05) is 0 Å². The molecule has 10 heteroatoms. The number of urea groups is 1. The molecule has 25 heavy (non-hydrogen) atoms. The summed E-state index contributed by atoms with van der Waals surface area (Å²) >= 11 is 3.18. The third-order valence-electron chi connectivity index (χ3n) is 3.08. The second-order valence-electron chi connectivity index (χ2n) is 4.64. The zero-order chi connectivity index (χ0) is 17.8. The zero-order valence-electron chi connectivity index (χ0n) is 13.2. The van der Waals surface area contributed by atoms with Gasteiger partial charge >= 0.3 is 12.0 Å². The molecule has 0 aliphatic carbocycles. The van der Waals surface area contributed by atoms with Crippen molar-refractivity contribution in [2.75, 3.05) is 24.9 Å². The molecule has 0 saturated carbocycles. The van der Waals surface area contributed by atoms with E-state index in [4.69, 9.17) is 18.3 Å². The van der Waals surface area contributed by atoms with E-state index in [1.54, 1.807) is 30.3 Å². The number of hydrogen-bond acceptors (Lipinski definition) is 7. The summed E-state index contributed by atoms with van der Waals surface area (Å²) in [6.07, 6.45) is 0. The molecule has 0 saturated heterocycles. The van der Waals surface area contributed by atoms with Crippen molar-refractivity contribution in [1.29, 1.82) is 0 Å². The number of furan rings is 1. The standard InChI is InChI=1S/C15H13BrN4O5/c1-22-9-5-3-4-8(12(9)23-2)17-14(21)18-15-20-19-13(25-15)10-6-7-11(16)24-10/h3-7H,1-2H3,(H2,17,18,20,21). The number of nitrogens with one attached hydrogen (secondary N) is 2. The number of halogens is 1. The monoisotopic (exact) mass is 408 g/mol. The Hall–Kier alpha value is -3.01. The van der Waals surface area contributed by atoms with Crippen LogP contribution in [0.15, 0.2) is 43.8 Å². The van der Waals surface area contributed by atoms with Gasteiger partial charge in [0.2, 0.25) is 0 Å². The van der Waals surface area contributed by atoms with E-state index in [2.05, 4.69) is 36.8 Å². The first-order chi connectivity index (χ1) is 12.1. The Kier molecular flexibility index (Phi) is 4.89. The van der Waals surface area contributed by atoms with Crippen LogP contribution in [0.4, 0.5) is 16.5 Å². The number of rotatable bonds is 5. The summed E-state index contributed by atoms with van der Waals surface area (Å²) in [4.78, 5) is 12.1. The summed E-state index contributed by atoms with van der Waals surface area (Å²) in [7, 11) is 2.99. The predicted molar refractivity (Wildman–Crippen MR) is 91.9 cm³/mol. The maximum Gasteiger partial charge on any atom is 0.327 e. The molecular weight excluding hydrogens is 396 g/mol. The van der Waals surface area contributed by atoms with E-state index in [-0.39, 0.29) is 11.9 Å². The van der Waals surface area contributed by atoms with Crippen LogP contribution in [0.1, 0.15) is 0 Å². The minimum atomic E-state index is -0.581. The van der Waals surface area contributed by atoms with Crippen LogP contribution >= 0.6 is 15.9 Å². The van der Waals surface area contributed by atoms with Gasteiger partial charge in [0, 0.05) is 0 Å². The Balaban J connectivity index is 1.70. The molecule has 9 nitrogen and oxygen atoms in total. The molecule has 1 aromatic carbocycles. The number of para-hydroxylation sites is 1. The maximum absolute atomic E-state index is 12.1. The van der Waals surface area contributed by atoms with Gasteiger partial charge < -0.3 is 23.6 Å². The Morgan fingerprint density at radius 1 is 1.08 bits per heavy atom. The third-order valence-corrected chi connectivity index (χ3v) is 3.51. The average Bonchev–Trinajstić information content (AvgIpc) is 3.23. The minimum absolute atomic E-state index is 0.0816. The first-order valence-corrected chi connectivity index (χ1v) is 7.78.